The smallest absolute Gasteiger partial charge is 0.246 e. The minimum atomic E-state index is -0.470. The number of rotatable bonds is 2. The molecule has 0 unspecified atom stereocenters. The van der Waals surface area contributed by atoms with E-state index < -0.39 is 5.54 Å². The van der Waals surface area contributed by atoms with E-state index in [1.807, 2.05) is 0 Å². The first-order valence-electron chi connectivity index (χ1n) is 6.49. The molecule has 0 amide bonds. The molecule has 0 atom stereocenters. The molecule has 17 heavy (non-hydrogen) atoms. The van der Waals surface area contributed by atoms with Crippen molar-refractivity contribution in [3.05, 3.63) is 11.7 Å². The summed E-state index contributed by atoms with van der Waals surface area (Å²) in [5, 5.41) is 4.11. The monoisotopic (exact) mass is 237 g/mol. The summed E-state index contributed by atoms with van der Waals surface area (Å²) in [6, 6.07) is 0. The summed E-state index contributed by atoms with van der Waals surface area (Å²) in [5.74, 6) is 1.94. The van der Waals surface area contributed by atoms with Gasteiger partial charge < -0.3 is 15.0 Å². The topological polar surface area (TPSA) is 74.2 Å². The molecule has 94 valence electrons. The van der Waals surface area contributed by atoms with E-state index in [0.29, 0.717) is 25.0 Å². The summed E-state index contributed by atoms with van der Waals surface area (Å²) < 4.78 is 10.7. The lowest BCUT2D eigenvalue weighted by atomic mass is 9.91. The predicted octanol–water partition coefficient (Wildman–Crippen LogP) is 1.69. The fourth-order valence-corrected chi connectivity index (χ4v) is 2.74. The van der Waals surface area contributed by atoms with Crippen LogP contribution in [0.4, 0.5) is 0 Å². The van der Waals surface area contributed by atoms with E-state index in [0.717, 1.165) is 18.7 Å². The zero-order valence-corrected chi connectivity index (χ0v) is 10.0. The first kappa shape index (κ1) is 11.2. The predicted molar refractivity (Wildman–Crippen MR) is 61.4 cm³/mol. The maximum atomic E-state index is 6.32. The number of nitrogens with zero attached hydrogens (tertiary/aromatic N) is 2. The molecule has 1 aromatic rings. The van der Waals surface area contributed by atoms with Gasteiger partial charge in [0.1, 0.15) is 5.54 Å². The molecular weight excluding hydrogens is 218 g/mol. The third-order valence-electron chi connectivity index (χ3n) is 3.97. The SMILES string of the molecule is NC1(c2nc(C3CCCC3)no2)CCOCC1. The van der Waals surface area contributed by atoms with Crippen LogP contribution in [0.25, 0.3) is 0 Å². The van der Waals surface area contributed by atoms with Gasteiger partial charge in [0.25, 0.3) is 0 Å². The maximum absolute atomic E-state index is 6.32. The number of aromatic nitrogens is 2. The Hall–Kier alpha value is -0.940. The fraction of sp³-hybridized carbons (Fsp3) is 0.833. The van der Waals surface area contributed by atoms with Crippen molar-refractivity contribution < 1.29 is 9.26 Å². The molecule has 0 radical (unpaired) electrons. The highest BCUT2D eigenvalue weighted by Gasteiger charge is 2.36. The van der Waals surface area contributed by atoms with Crippen molar-refractivity contribution in [2.45, 2.75) is 50.0 Å². The molecule has 1 saturated carbocycles. The molecule has 1 aliphatic carbocycles. The normalized spacial score (nSPS) is 25.2. The number of hydrogen-bond acceptors (Lipinski definition) is 5. The summed E-state index contributed by atoms with van der Waals surface area (Å²) >= 11 is 0. The van der Waals surface area contributed by atoms with Gasteiger partial charge in [-0.2, -0.15) is 4.98 Å². The highest BCUT2D eigenvalue weighted by Crippen LogP contribution is 2.34. The molecular formula is C12H19N3O2. The van der Waals surface area contributed by atoms with Gasteiger partial charge in [0.05, 0.1) is 0 Å². The zero-order chi connectivity index (χ0) is 11.7. The van der Waals surface area contributed by atoms with Crippen molar-refractivity contribution in [1.82, 2.24) is 10.1 Å². The molecule has 5 nitrogen and oxygen atoms in total. The third-order valence-corrected chi connectivity index (χ3v) is 3.97. The summed E-state index contributed by atoms with van der Waals surface area (Å²) in [7, 11) is 0. The van der Waals surface area contributed by atoms with Crippen LogP contribution in [0.15, 0.2) is 4.52 Å². The Bertz CT molecular complexity index is 379. The molecule has 1 aromatic heterocycles. The van der Waals surface area contributed by atoms with Gasteiger partial charge in [0, 0.05) is 19.1 Å². The number of nitrogens with two attached hydrogens (primary N) is 1. The average Bonchev–Trinajstić information content (AvgIpc) is 3.01. The Morgan fingerprint density at radius 3 is 2.59 bits per heavy atom. The lowest BCUT2D eigenvalue weighted by Crippen LogP contribution is -2.42. The van der Waals surface area contributed by atoms with Gasteiger partial charge in [-0.05, 0) is 25.7 Å². The van der Waals surface area contributed by atoms with Gasteiger partial charge in [-0.15, -0.1) is 0 Å². The maximum Gasteiger partial charge on any atom is 0.246 e. The van der Waals surface area contributed by atoms with Crippen LogP contribution in [0.3, 0.4) is 0 Å². The Balaban J connectivity index is 1.78. The highest BCUT2D eigenvalue weighted by atomic mass is 16.5. The van der Waals surface area contributed by atoms with Crippen LogP contribution >= 0.6 is 0 Å². The minimum Gasteiger partial charge on any atom is -0.381 e. The summed E-state index contributed by atoms with van der Waals surface area (Å²) in [6.07, 6.45) is 6.43. The molecule has 2 aliphatic rings. The van der Waals surface area contributed by atoms with Gasteiger partial charge in [0.2, 0.25) is 5.89 Å². The molecule has 0 aromatic carbocycles. The van der Waals surface area contributed by atoms with Crippen molar-refractivity contribution in [2.24, 2.45) is 5.73 Å². The van der Waals surface area contributed by atoms with Crippen LogP contribution < -0.4 is 5.73 Å². The van der Waals surface area contributed by atoms with E-state index in [4.69, 9.17) is 15.0 Å². The second kappa shape index (κ2) is 4.38. The summed E-state index contributed by atoms with van der Waals surface area (Å²) in [6.45, 7) is 1.36. The quantitative estimate of drug-likeness (QED) is 0.847. The van der Waals surface area contributed by atoms with Crippen molar-refractivity contribution >= 4 is 0 Å². The van der Waals surface area contributed by atoms with E-state index in [9.17, 15) is 0 Å². The van der Waals surface area contributed by atoms with E-state index in [-0.39, 0.29) is 0 Å². The first-order chi connectivity index (χ1) is 8.28. The van der Waals surface area contributed by atoms with Gasteiger partial charge in [-0.25, -0.2) is 0 Å². The molecule has 2 heterocycles. The van der Waals surface area contributed by atoms with E-state index >= 15 is 0 Å². The van der Waals surface area contributed by atoms with Crippen molar-refractivity contribution in [3.63, 3.8) is 0 Å². The van der Waals surface area contributed by atoms with Gasteiger partial charge in [-0.3, -0.25) is 0 Å². The Kier molecular flexibility index (Phi) is 2.88. The average molecular weight is 237 g/mol. The van der Waals surface area contributed by atoms with E-state index in [2.05, 4.69) is 10.1 Å². The molecule has 0 spiro atoms. The fourth-order valence-electron chi connectivity index (χ4n) is 2.74. The molecule has 0 bridgehead atoms. The number of ether oxygens (including phenoxy) is 1. The van der Waals surface area contributed by atoms with Crippen LogP contribution in [0.5, 0.6) is 0 Å². The molecule has 3 rings (SSSR count). The van der Waals surface area contributed by atoms with Crippen LogP contribution in [0, 0.1) is 0 Å². The van der Waals surface area contributed by atoms with Crippen LogP contribution in [0.1, 0.15) is 56.2 Å². The van der Waals surface area contributed by atoms with Gasteiger partial charge in [0.15, 0.2) is 5.82 Å². The van der Waals surface area contributed by atoms with Gasteiger partial charge in [-0.1, -0.05) is 18.0 Å². The largest absolute Gasteiger partial charge is 0.381 e. The Morgan fingerprint density at radius 2 is 1.88 bits per heavy atom. The molecule has 5 heteroatoms. The second-order valence-electron chi connectivity index (χ2n) is 5.21. The molecule has 2 fully saturated rings. The van der Waals surface area contributed by atoms with Crippen LogP contribution in [-0.2, 0) is 10.3 Å². The first-order valence-corrected chi connectivity index (χ1v) is 6.49. The minimum absolute atomic E-state index is 0.470. The van der Waals surface area contributed by atoms with E-state index in [1.165, 1.54) is 25.7 Å². The van der Waals surface area contributed by atoms with Crippen molar-refractivity contribution in [2.75, 3.05) is 13.2 Å². The second-order valence-corrected chi connectivity index (χ2v) is 5.21. The number of hydrogen-bond donors (Lipinski definition) is 1. The molecule has 1 aliphatic heterocycles. The van der Waals surface area contributed by atoms with Crippen molar-refractivity contribution in [1.29, 1.82) is 0 Å². The standard InChI is InChI=1S/C12H19N3O2/c13-12(5-7-16-8-6-12)11-14-10(15-17-11)9-3-1-2-4-9/h9H,1-8,13H2. The molecule has 1 saturated heterocycles. The Labute approximate surface area is 101 Å². The zero-order valence-electron chi connectivity index (χ0n) is 10.0. The lowest BCUT2D eigenvalue weighted by Gasteiger charge is -2.29. The Morgan fingerprint density at radius 1 is 1.18 bits per heavy atom. The summed E-state index contributed by atoms with van der Waals surface area (Å²) in [5.41, 5.74) is 5.85. The van der Waals surface area contributed by atoms with Crippen LogP contribution in [0.2, 0.25) is 0 Å². The third kappa shape index (κ3) is 2.09. The molecule has 2 N–H and O–H groups in total. The van der Waals surface area contributed by atoms with Crippen molar-refractivity contribution in [3.8, 4) is 0 Å². The lowest BCUT2D eigenvalue weighted by molar-refractivity contribution is 0.0400. The summed E-state index contributed by atoms with van der Waals surface area (Å²) in [4.78, 5) is 4.53. The van der Waals surface area contributed by atoms with Crippen LogP contribution in [-0.4, -0.2) is 23.4 Å². The van der Waals surface area contributed by atoms with Gasteiger partial charge >= 0.3 is 0 Å². The highest BCUT2D eigenvalue weighted by molar-refractivity contribution is 5.06. The van der Waals surface area contributed by atoms with E-state index in [1.54, 1.807) is 0 Å².